The SMILES string of the molecule is CCOC(=O)N1C2CCC1CC(n1c(-c3cccnc3)nc3ccc(C(c4ccc(Cl)cc4)c4nccs4)cc31)C2. The Hall–Kier alpha value is -3.75. The second-order valence-corrected chi connectivity index (χ2v) is 12.1. The van der Waals surface area contributed by atoms with Gasteiger partial charge in [0, 0.05) is 52.7 Å². The molecule has 5 heterocycles. The number of nitrogens with zero attached hydrogens (tertiary/aromatic N) is 5. The smallest absolute Gasteiger partial charge is 0.410 e. The van der Waals surface area contributed by atoms with Crippen molar-refractivity contribution in [1.29, 1.82) is 0 Å². The first-order valence-electron chi connectivity index (χ1n) is 14.1. The van der Waals surface area contributed by atoms with Gasteiger partial charge in [0.05, 0.1) is 23.6 Å². The van der Waals surface area contributed by atoms with Gasteiger partial charge in [0.15, 0.2) is 0 Å². The minimum atomic E-state index is -0.182. The van der Waals surface area contributed by atoms with Crippen molar-refractivity contribution >= 4 is 40.1 Å². The summed E-state index contributed by atoms with van der Waals surface area (Å²) >= 11 is 7.90. The fourth-order valence-corrected chi connectivity index (χ4v) is 7.64. The van der Waals surface area contributed by atoms with E-state index in [0.717, 1.165) is 64.2 Å². The van der Waals surface area contributed by atoms with Crippen LogP contribution in [0.3, 0.4) is 0 Å². The number of pyridine rings is 1. The fourth-order valence-electron chi connectivity index (χ4n) is 6.72. The van der Waals surface area contributed by atoms with Crippen molar-refractivity contribution in [2.24, 2.45) is 0 Å². The van der Waals surface area contributed by atoms with Crippen LogP contribution in [0.2, 0.25) is 5.02 Å². The molecule has 5 aromatic rings. The van der Waals surface area contributed by atoms with Crippen LogP contribution in [0.1, 0.15) is 60.7 Å². The van der Waals surface area contributed by atoms with Crippen molar-refractivity contribution < 1.29 is 9.53 Å². The molecule has 2 fully saturated rings. The second-order valence-electron chi connectivity index (χ2n) is 10.8. The first-order valence-corrected chi connectivity index (χ1v) is 15.4. The highest BCUT2D eigenvalue weighted by Gasteiger charge is 2.45. The third-order valence-corrected chi connectivity index (χ3v) is 9.51. The number of imidazole rings is 1. The molecule has 1 amide bonds. The Labute approximate surface area is 247 Å². The lowest BCUT2D eigenvalue weighted by Gasteiger charge is -2.39. The summed E-state index contributed by atoms with van der Waals surface area (Å²) in [5.41, 5.74) is 5.32. The highest BCUT2D eigenvalue weighted by Crippen LogP contribution is 2.44. The lowest BCUT2D eigenvalue weighted by molar-refractivity contribution is 0.0627. The molecule has 2 aliphatic rings. The number of amides is 1. The van der Waals surface area contributed by atoms with E-state index in [9.17, 15) is 4.79 Å². The highest BCUT2D eigenvalue weighted by molar-refractivity contribution is 7.09. The summed E-state index contributed by atoms with van der Waals surface area (Å²) < 4.78 is 7.83. The number of benzene rings is 2. The molecule has 0 aliphatic carbocycles. The lowest BCUT2D eigenvalue weighted by atomic mass is 9.91. The fraction of sp³-hybridized carbons (Fsp3) is 0.312. The molecular weight excluding hydrogens is 554 g/mol. The molecule has 41 heavy (non-hydrogen) atoms. The first-order chi connectivity index (χ1) is 20.1. The number of hydrogen-bond donors (Lipinski definition) is 0. The van der Waals surface area contributed by atoms with Gasteiger partial charge in [0.2, 0.25) is 0 Å². The summed E-state index contributed by atoms with van der Waals surface area (Å²) in [6.07, 6.45) is 9.09. The molecule has 0 spiro atoms. The molecular formula is C32H30ClN5O2S. The van der Waals surface area contributed by atoms with Gasteiger partial charge in [-0.1, -0.05) is 29.8 Å². The quantitative estimate of drug-likeness (QED) is 0.205. The maximum absolute atomic E-state index is 12.8. The Morgan fingerprint density at radius 3 is 2.51 bits per heavy atom. The lowest BCUT2D eigenvalue weighted by Crippen LogP contribution is -2.47. The van der Waals surface area contributed by atoms with E-state index in [1.807, 2.05) is 47.8 Å². The predicted molar refractivity (Wildman–Crippen MR) is 161 cm³/mol. The number of fused-ring (bicyclic) bond motifs is 3. The molecule has 0 saturated carbocycles. The van der Waals surface area contributed by atoms with Crippen LogP contribution in [-0.2, 0) is 4.74 Å². The molecule has 7 rings (SSSR count). The van der Waals surface area contributed by atoms with Crippen molar-refractivity contribution in [1.82, 2.24) is 24.4 Å². The molecule has 208 valence electrons. The van der Waals surface area contributed by atoms with E-state index >= 15 is 0 Å². The molecule has 3 atom stereocenters. The average molecular weight is 584 g/mol. The number of carbonyl (C=O) groups excluding carboxylic acids is 1. The van der Waals surface area contributed by atoms with Crippen molar-refractivity contribution in [3.05, 3.63) is 99.7 Å². The van der Waals surface area contributed by atoms with Gasteiger partial charge in [-0.3, -0.25) is 4.98 Å². The topological polar surface area (TPSA) is 73.1 Å². The van der Waals surface area contributed by atoms with Gasteiger partial charge in [0.1, 0.15) is 10.8 Å². The normalized spacial score (nSPS) is 20.8. The van der Waals surface area contributed by atoms with E-state index in [-0.39, 0.29) is 30.1 Å². The Morgan fingerprint density at radius 2 is 1.83 bits per heavy atom. The van der Waals surface area contributed by atoms with E-state index in [1.165, 1.54) is 0 Å². The largest absolute Gasteiger partial charge is 0.450 e. The Bertz CT molecular complexity index is 1660. The number of hydrogen-bond acceptors (Lipinski definition) is 6. The number of piperidine rings is 1. The first kappa shape index (κ1) is 26.2. The molecule has 0 N–H and O–H groups in total. The Balaban J connectivity index is 1.35. The molecule has 7 nitrogen and oxygen atoms in total. The van der Waals surface area contributed by atoms with Gasteiger partial charge >= 0.3 is 6.09 Å². The van der Waals surface area contributed by atoms with Crippen LogP contribution in [0.5, 0.6) is 0 Å². The number of halogens is 1. The van der Waals surface area contributed by atoms with E-state index in [2.05, 4.69) is 45.9 Å². The van der Waals surface area contributed by atoms with Gasteiger partial charge < -0.3 is 14.2 Å². The maximum Gasteiger partial charge on any atom is 0.410 e. The molecule has 2 aliphatic heterocycles. The zero-order valence-corrected chi connectivity index (χ0v) is 24.3. The van der Waals surface area contributed by atoms with E-state index in [0.29, 0.717) is 11.6 Å². The van der Waals surface area contributed by atoms with E-state index < -0.39 is 0 Å². The van der Waals surface area contributed by atoms with Crippen molar-refractivity contribution in [2.75, 3.05) is 6.61 Å². The summed E-state index contributed by atoms with van der Waals surface area (Å²) in [4.78, 5) is 29.1. The summed E-state index contributed by atoms with van der Waals surface area (Å²) in [6, 6.07) is 19.2. The molecule has 3 aromatic heterocycles. The van der Waals surface area contributed by atoms with Crippen LogP contribution in [0.25, 0.3) is 22.4 Å². The Kier molecular flexibility index (Phi) is 6.96. The number of carbonyl (C=O) groups is 1. The second kappa shape index (κ2) is 10.9. The summed E-state index contributed by atoms with van der Waals surface area (Å²) in [5.74, 6) is 0.889. The minimum Gasteiger partial charge on any atom is -0.450 e. The Morgan fingerprint density at radius 1 is 1.05 bits per heavy atom. The zero-order valence-electron chi connectivity index (χ0n) is 22.7. The number of aromatic nitrogens is 4. The maximum atomic E-state index is 12.8. The minimum absolute atomic E-state index is 0.0244. The standard InChI is InChI=1S/C32H30ClN5O2S/c1-2-40-32(39)37-24-10-11-25(37)18-26(17-24)38-28-16-21(7-12-27(28)36-30(38)22-4-3-13-34-19-22)29(31-35-14-15-41-31)20-5-8-23(33)9-6-20/h3-9,12-16,19,24-26,29H,2,10-11,17-18H2,1H3. The summed E-state index contributed by atoms with van der Waals surface area (Å²) in [7, 11) is 0. The third kappa shape index (κ3) is 4.79. The van der Waals surface area contributed by atoms with Crippen LogP contribution in [0.15, 0.2) is 78.6 Å². The summed E-state index contributed by atoms with van der Waals surface area (Å²) in [6.45, 7) is 2.26. The van der Waals surface area contributed by atoms with Crippen molar-refractivity contribution in [3.63, 3.8) is 0 Å². The molecule has 9 heteroatoms. The van der Waals surface area contributed by atoms with Crippen molar-refractivity contribution in [2.45, 2.75) is 56.7 Å². The van der Waals surface area contributed by atoms with Gasteiger partial charge in [-0.2, -0.15) is 0 Å². The zero-order chi connectivity index (χ0) is 27.9. The molecule has 3 unspecified atom stereocenters. The molecule has 2 saturated heterocycles. The monoisotopic (exact) mass is 583 g/mol. The molecule has 2 bridgehead atoms. The third-order valence-electron chi connectivity index (χ3n) is 8.42. The van der Waals surface area contributed by atoms with Gasteiger partial charge in [0.25, 0.3) is 0 Å². The van der Waals surface area contributed by atoms with Crippen LogP contribution < -0.4 is 0 Å². The average Bonchev–Trinajstić information content (AvgIpc) is 3.71. The van der Waals surface area contributed by atoms with Crippen LogP contribution in [-0.4, -0.2) is 49.2 Å². The number of rotatable bonds is 6. The summed E-state index contributed by atoms with van der Waals surface area (Å²) in [5, 5.41) is 3.77. The van der Waals surface area contributed by atoms with Gasteiger partial charge in [-0.15, -0.1) is 11.3 Å². The van der Waals surface area contributed by atoms with Crippen LogP contribution in [0.4, 0.5) is 4.79 Å². The molecule has 2 aromatic carbocycles. The van der Waals surface area contributed by atoms with Crippen LogP contribution in [0, 0.1) is 0 Å². The number of thiazole rings is 1. The van der Waals surface area contributed by atoms with Gasteiger partial charge in [-0.05, 0) is 80.1 Å². The van der Waals surface area contributed by atoms with Crippen molar-refractivity contribution in [3.8, 4) is 11.4 Å². The predicted octanol–water partition coefficient (Wildman–Crippen LogP) is 7.71. The highest BCUT2D eigenvalue weighted by atomic mass is 35.5. The molecule has 0 radical (unpaired) electrons. The van der Waals surface area contributed by atoms with Gasteiger partial charge in [-0.25, -0.2) is 14.8 Å². The van der Waals surface area contributed by atoms with Crippen LogP contribution >= 0.6 is 22.9 Å². The van der Waals surface area contributed by atoms with E-state index in [4.69, 9.17) is 26.3 Å². The number of ether oxygens (including phenoxy) is 1. The van der Waals surface area contributed by atoms with E-state index in [1.54, 1.807) is 17.5 Å².